The molecule has 21 nitrogen and oxygen atoms in total. The van der Waals surface area contributed by atoms with Crippen LogP contribution in [0.15, 0.2) is 0 Å². The van der Waals surface area contributed by atoms with Gasteiger partial charge in [0.2, 0.25) is 0 Å². The summed E-state index contributed by atoms with van der Waals surface area (Å²) in [5, 5.41) is 124. The van der Waals surface area contributed by atoms with Gasteiger partial charge in [0, 0.05) is 0 Å². The number of hydrogen-bond donors (Lipinski definition) is 12. The molecule has 1 unspecified atom stereocenters. The predicted octanol–water partition coefficient (Wildman–Crippen LogP) is -8.54. The normalized spacial score (nSPS) is 51.9. The molecule has 0 aromatic rings. The Bertz CT molecular complexity index is 989. The number of methoxy groups -OCH3 is 1. The van der Waals surface area contributed by atoms with E-state index in [0.29, 0.717) is 0 Å². The van der Waals surface area contributed by atoms with Gasteiger partial charge in [-0.15, -0.1) is 0 Å². The summed E-state index contributed by atoms with van der Waals surface area (Å²) >= 11 is 0. The zero-order valence-corrected chi connectivity index (χ0v) is 24.5. The van der Waals surface area contributed by atoms with E-state index in [0.717, 1.165) is 7.11 Å². The second-order valence-electron chi connectivity index (χ2n) is 11.4. The standard InChI is InChI=1S/C25H42O21/c1-5-8(27)11(30)17(36)24(41-5)46-20-13(32)10(29)7(4-40-23-16(35)12(31)9(28)6(3-26)42-23)43-25(20)45-19-15(34)14(33)18(21(37)39-2)44-22(19)38/h5-20,22-36,38H,3-4H2,1-2H3/t5-,6+,7+,8-,9+,10-,11+,12-,13-,14-,15-,16+,17+,18-,19+,20+,22?,23+,24-,25-/m0/s1. The highest BCUT2D eigenvalue weighted by Crippen LogP contribution is 2.33. The Hall–Kier alpha value is -1.29. The average molecular weight is 679 g/mol. The number of hydrogen-bond acceptors (Lipinski definition) is 21. The van der Waals surface area contributed by atoms with E-state index in [4.69, 9.17) is 33.2 Å². The highest BCUT2D eigenvalue weighted by atomic mass is 16.8. The lowest BCUT2D eigenvalue weighted by molar-refractivity contribution is -0.391. The third-order valence-corrected chi connectivity index (χ3v) is 8.31. The van der Waals surface area contributed by atoms with Crippen LogP contribution in [0.4, 0.5) is 0 Å². The van der Waals surface area contributed by atoms with E-state index in [1.54, 1.807) is 0 Å². The number of ether oxygens (including phenoxy) is 8. The zero-order chi connectivity index (χ0) is 34.2. The molecular formula is C25H42O21. The first-order chi connectivity index (χ1) is 21.6. The van der Waals surface area contributed by atoms with Crippen molar-refractivity contribution in [1.29, 1.82) is 0 Å². The molecule has 4 aliphatic heterocycles. The lowest BCUT2D eigenvalue weighted by Crippen LogP contribution is -2.67. The Kier molecular flexibility index (Phi) is 12.6. The van der Waals surface area contributed by atoms with Crippen LogP contribution in [-0.4, -0.2) is 210 Å². The van der Waals surface area contributed by atoms with Gasteiger partial charge in [0.15, 0.2) is 31.3 Å². The largest absolute Gasteiger partial charge is 0.467 e. The highest BCUT2D eigenvalue weighted by Gasteiger charge is 2.55. The van der Waals surface area contributed by atoms with Gasteiger partial charge in [-0.3, -0.25) is 0 Å². The Morgan fingerprint density at radius 2 is 1.13 bits per heavy atom. The third-order valence-electron chi connectivity index (χ3n) is 8.31. The lowest BCUT2D eigenvalue weighted by atomic mass is 9.96. The average Bonchev–Trinajstić information content (AvgIpc) is 3.04. The molecule has 0 spiro atoms. The van der Waals surface area contributed by atoms with Gasteiger partial charge in [0.05, 0.1) is 26.4 Å². The first-order valence-corrected chi connectivity index (χ1v) is 14.3. The molecule has 4 aliphatic rings. The van der Waals surface area contributed by atoms with Gasteiger partial charge in [-0.1, -0.05) is 0 Å². The number of carbonyl (C=O) groups excluding carboxylic acids is 1. The van der Waals surface area contributed by atoms with Gasteiger partial charge in [0.25, 0.3) is 0 Å². The van der Waals surface area contributed by atoms with E-state index in [9.17, 15) is 66.1 Å². The number of rotatable bonds is 9. The Morgan fingerprint density at radius 3 is 1.76 bits per heavy atom. The molecule has 0 aliphatic carbocycles. The zero-order valence-electron chi connectivity index (χ0n) is 24.5. The minimum absolute atomic E-state index is 0.739. The monoisotopic (exact) mass is 678 g/mol. The second-order valence-corrected chi connectivity index (χ2v) is 11.4. The van der Waals surface area contributed by atoms with Crippen LogP contribution in [0.25, 0.3) is 0 Å². The van der Waals surface area contributed by atoms with E-state index in [1.807, 2.05) is 0 Å². The molecule has 4 rings (SSSR count). The van der Waals surface area contributed by atoms with Gasteiger partial charge in [-0.25, -0.2) is 4.79 Å². The number of aliphatic hydroxyl groups is 12. The van der Waals surface area contributed by atoms with Crippen LogP contribution < -0.4 is 0 Å². The summed E-state index contributed by atoms with van der Waals surface area (Å²) in [6.45, 7) is -0.168. The Balaban J connectivity index is 1.55. The first kappa shape index (κ1) is 37.5. The molecule has 4 saturated heterocycles. The summed E-state index contributed by atoms with van der Waals surface area (Å²) in [6, 6.07) is 0. The SMILES string of the molecule is COC(=O)[C@H]1OC(O)[C@H](O[C@@H]2O[C@H](CO[C@@H]3O[C@H](CO)[C@@H](O)[C@H](O)[C@H]3O)[C@H](O)[C@H](O)[C@H]2O[C@@H]2O[C@@H](C)[C@H](O)[C@@H](O)[C@H]2O)[C@@H](O)[C@@H]1O. The van der Waals surface area contributed by atoms with Crippen molar-refractivity contribution < 1.29 is 104 Å². The maximum atomic E-state index is 11.9. The molecule has 0 bridgehead atoms. The molecule has 0 aromatic carbocycles. The minimum Gasteiger partial charge on any atom is -0.467 e. The Morgan fingerprint density at radius 1 is 0.587 bits per heavy atom. The van der Waals surface area contributed by atoms with Crippen LogP contribution in [0.1, 0.15) is 6.92 Å². The number of esters is 1. The van der Waals surface area contributed by atoms with Crippen LogP contribution in [0.5, 0.6) is 0 Å². The molecule has 21 heteroatoms. The topological polar surface area (TPSA) is 334 Å². The van der Waals surface area contributed by atoms with Crippen molar-refractivity contribution in [2.75, 3.05) is 20.3 Å². The van der Waals surface area contributed by atoms with Crippen molar-refractivity contribution in [3.8, 4) is 0 Å². The molecule has 0 aromatic heterocycles. The van der Waals surface area contributed by atoms with Crippen molar-refractivity contribution in [2.24, 2.45) is 0 Å². The van der Waals surface area contributed by atoms with Crippen molar-refractivity contribution in [3.63, 3.8) is 0 Å². The van der Waals surface area contributed by atoms with Crippen molar-refractivity contribution in [2.45, 2.75) is 130 Å². The van der Waals surface area contributed by atoms with E-state index in [-0.39, 0.29) is 0 Å². The van der Waals surface area contributed by atoms with Gasteiger partial charge in [-0.2, -0.15) is 0 Å². The van der Waals surface area contributed by atoms with Crippen LogP contribution >= 0.6 is 0 Å². The summed E-state index contributed by atoms with van der Waals surface area (Å²) in [4.78, 5) is 11.9. The molecule has 20 atom stereocenters. The van der Waals surface area contributed by atoms with Crippen LogP contribution in [-0.2, 0) is 42.7 Å². The maximum absolute atomic E-state index is 11.9. The highest BCUT2D eigenvalue weighted by molar-refractivity contribution is 5.75. The van der Waals surface area contributed by atoms with Gasteiger partial charge < -0.3 is 99.2 Å². The summed E-state index contributed by atoms with van der Waals surface area (Å²) in [5.74, 6) is -1.14. The lowest BCUT2D eigenvalue weighted by Gasteiger charge is -2.48. The molecule has 268 valence electrons. The first-order valence-electron chi connectivity index (χ1n) is 14.3. The summed E-state index contributed by atoms with van der Waals surface area (Å²) in [5.41, 5.74) is 0. The fraction of sp³-hybridized carbons (Fsp3) is 0.960. The number of aliphatic hydroxyl groups excluding tert-OH is 12. The van der Waals surface area contributed by atoms with E-state index in [2.05, 4.69) is 4.74 Å². The van der Waals surface area contributed by atoms with Crippen molar-refractivity contribution >= 4 is 5.97 Å². The molecular weight excluding hydrogens is 636 g/mol. The number of carbonyl (C=O) groups is 1. The molecule has 0 saturated carbocycles. The van der Waals surface area contributed by atoms with E-state index < -0.39 is 142 Å². The molecule has 0 amide bonds. The predicted molar refractivity (Wildman–Crippen MR) is 137 cm³/mol. The van der Waals surface area contributed by atoms with Crippen LogP contribution in [0.3, 0.4) is 0 Å². The summed E-state index contributed by atoms with van der Waals surface area (Å²) < 4.78 is 42.5. The molecule has 12 N–H and O–H groups in total. The molecule has 4 heterocycles. The Labute approximate surface area is 260 Å². The summed E-state index contributed by atoms with van der Waals surface area (Å²) in [7, 11) is 0.967. The maximum Gasteiger partial charge on any atom is 0.337 e. The van der Waals surface area contributed by atoms with Crippen LogP contribution in [0.2, 0.25) is 0 Å². The molecule has 4 fully saturated rings. The molecule has 0 radical (unpaired) electrons. The van der Waals surface area contributed by atoms with Gasteiger partial charge in [0.1, 0.15) is 85.5 Å². The molecule has 46 heavy (non-hydrogen) atoms. The van der Waals surface area contributed by atoms with Gasteiger partial charge in [-0.05, 0) is 6.92 Å². The third kappa shape index (κ3) is 7.47. The fourth-order valence-corrected chi connectivity index (χ4v) is 5.44. The quantitative estimate of drug-likeness (QED) is 0.101. The fourth-order valence-electron chi connectivity index (χ4n) is 5.44. The van der Waals surface area contributed by atoms with E-state index in [1.165, 1.54) is 6.92 Å². The van der Waals surface area contributed by atoms with Crippen molar-refractivity contribution in [3.05, 3.63) is 0 Å². The second kappa shape index (κ2) is 15.5. The minimum atomic E-state index is -2.13. The smallest absolute Gasteiger partial charge is 0.337 e. The summed E-state index contributed by atoms with van der Waals surface area (Å²) in [6.07, 6.45) is -35.8. The van der Waals surface area contributed by atoms with E-state index >= 15 is 0 Å². The van der Waals surface area contributed by atoms with Gasteiger partial charge >= 0.3 is 5.97 Å². The van der Waals surface area contributed by atoms with Crippen LogP contribution in [0, 0.1) is 0 Å². The van der Waals surface area contributed by atoms with Crippen molar-refractivity contribution in [1.82, 2.24) is 0 Å².